The fourth-order valence-corrected chi connectivity index (χ4v) is 3.90. The smallest absolute Gasteiger partial charge is 0.410 e. The molecule has 1 amide bonds. The van der Waals surface area contributed by atoms with Crippen molar-refractivity contribution in [2.24, 2.45) is 0 Å². The van der Waals surface area contributed by atoms with Gasteiger partial charge in [-0.05, 0) is 23.3 Å². The van der Waals surface area contributed by atoms with E-state index in [0.29, 0.717) is 17.1 Å². The first kappa shape index (κ1) is 20.2. The predicted molar refractivity (Wildman–Crippen MR) is 108 cm³/mol. The van der Waals surface area contributed by atoms with Gasteiger partial charge in [0.15, 0.2) is 23.2 Å². The lowest BCUT2D eigenvalue weighted by molar-refractivity contribution is -0.173. The molecule has 2 aliphatic rings. The molecular formula is C22H19F3N4O3. The molecular weight excluding hydrogens is 425 g/mol. The van der Waals surface area contributed by atoms with Crippen LogP contribution in [0.5, 0.6) is 11.5 Å². The number of amides is 1. The van der Waals surface area contributed by atoms with Crippen LogP contribution in [-0.2, 0) is 6.54 Å². The van der Waals surface area contributed by atoms with Crippen molar-refractivity contribution in [3.8, 4) is 11.5 Å². The number of aromatic nitrogens is 2. The molecule has 7 nitrogen and oxygen atoms in total. The Morgan fingerprint density at radius 1 is 1.12 bits per heavy atom. The lowest BCUT2D eigenvalue weighted by Crippen LogP contribution is -2.35. The molecule has 0 aliphatic carbocycles. The number of halogens is 3. The Kier molecular flexibility index (Phi) is 4.91. The zero-order valence-corrected chi connectivity index (χ0v) is 16.7. The van der Waals surface area contributed by atoms with Gasteiger partial charge in [-0.3, -0.25) is 4.79 Å². The highest BCUT2D eigenvalue weighted by Gasteiger charge is 2.47. The van der Waals surface area contributed by atoms with Crippen molar-refractivity contribution >= 4 is 11.7 Å². The largest absolute Gasteiger partial charge is 0.454 e. The van der Waals surface area contributed by atoms with Crippen LogP contribution in [0.1, 0.15) is 40.1 Å². The number of hydrogen-bond acceptors (Lipinski definition) is 5. The minimum Gasteiger partial charge on any atom is -0.454 e. The van der Waals surface area contributed by atoms with Crippen LogP contribution in [0.3, 0.4) is 0 Å². The topological polar surface area (TPSA) is 77.4 Å². The highest BCUT2D eigenvalue weighted by atomic mass is 19.4. The summed E-state index contributed by atoms with van der Waals surface area (Å²) >= 11 is 0. The number of nitrogens with zero attached hydrogens (tertiary/aromatic N) is 2. The normalized spacial score (nSPS) is 19.2. The van der Waals surface area contributed by atoms with Gasteiger partial charge in [0.25, 0.3) is 5.91 Å². The molecule has 0 bridgehead atoms. The van der Waals surface area contributed by atoms with Gasteiger partial charge < -0.3 is 20.1 Å². The van der Waals surface area contributed by atoms with Crippen molar-refractivity contribution in [1.82, 2.24) is 15.1 Å². The number of nitrogens with one attached hydrogen (secondary N) is 2. The van der Waals surface area contributed by atoms with E-state index in [-0.39, 0.29) is 31.3 Å². The van der Waals surface area contributed by atoms with Gasteiger partial charge in [0.2, 0.25) is 6.79 Å². The van der Waals surface area contributed by atoms with Gasteiger partial charge in [0, 0.05) is 19.0 Å². The van der Waals surface area contributed by atoms with Crippen LogP contribution in [0, 0.1) is 0 Å². The number of hydrogen-bond donors (Lipinski definition) is 2. The van der Waals surface area contributed by atoms with Crippen LogP contribution in [-0.4, -0.2) is 28.7 Å². The predicted octanol–water partition coefficient (Wildman–Crippen LogP) is 4.20. The third-order valence-electron chi connectivity index (χ3n) is 5.52. The highest BCUT2D eigenvalue weighted by Crippen LogP contribution is 2.45. The lowest BCUT2D eigenvalue weighted by Gasteiger charge is -2.33. The summed E-state index contributed by atoms with van der Waals surface area (Å²) in [5, 5.41) is 9.75. The maximum Gasteiger partial charge on any atom is 0.410 e. The molecule has 2 aliphatic heterocycles. The summed E-state index contributed by atoms with van der Waals surface area (Å²) in [5.41, 5.74) is 1.43. The molecule has 10 heteroatoms. The van der Waals surface area contributed by atoms with Crippen LogP contribution in [0.15, 0.2) is 54.6 Å². The average Bonchev–Trinajstić information content (AvgIpc) is 3.43. The van der Waals surface area contributed by atoms with Gasteiger partial charge in [-0.25, -0.2) is 4.68 Å². The average molecular weight is 444 g/mol. The number of fused-ring (bicyclic) bond motifs is 2. The molecule has 2 atom stereocenters. The highest BCUT2D eigenvalue weighted by molar-refractivity contribution is 5.93. The lowest BCUT2D eigenvalue weighted by atomic mass is 9.96. The first-order chi connectivity index (χ1) is 15.4. The Balaban J connectivity index is 1.40. The van der Waals surface area contributed by atoms with Crippen molar-refractivity contribution in [2.75, 3.05) is 12.1 Å². The summed E-state index contributed by atoms with van der Waals surface area (Å²) in [6, 6.07) is 13.1. The van der Waals surface area contributed by atoms with E-state index in [9.17, 15) is 18.0 Å². The zero-order valence-electron chi connectivity index (χ0n) is 16.7. The molecule has 2 aromatic carbocycles. The molecule has 0 saturated carbocycles. The quantitative estimate of drug-likeness (QED) is 0.631. The molecule has 5 rings (SSSR count). The number of rotatable bonds is 4. The molecule has 0 spiro atoms. The molecule has 3 aromatic rings. The Hall–Kier alpha value is -3.69. The summed E-state index contributed by atoms with van der Waals surface area (Å²) in [5.74, 6) is 0.636. The van der Waals surface area contributed by atoms with Crippen molar-refractivity contribution < 1.29 is 27.4 Å². The summed E-state index contributed by atoms with van der Waals surface area (Å²) < 4.78 is 53.1. The van der Waals surface area contributed by atoms with E-state index in [1.807, 2.05) is 30.3 Å². The van der Waals surface area contributed by atoms with E-state index in [2.05, 4.69) is 15.7 Å². The van der Waals surface area contributed by atoms with E-state index < -0.39 is 24.2 Å². The molecule has 3 heterocycles. The van der Waals surface area contributed by atoms with E-state index >= 15 is 0 Å². The monoisotopic (exact) mass is 444 g/mol. The van der Waals surface area contributed by atoms with Crippen LogP contribution in [0.2, 0.25) is 0 Å². The van der Waals surface area contributed by atoms with E-state index in [1.165, 1.54) is 6.07 Å². The zero-order chi connectivity index (χ0) is 22.3. The number of anilines is 1. The molecule has 0 radical (unpaired) electrons. The molecule has 166 valence electrons. The first-order valence-corrected chi connectivity index (χ1v) is 10.0. The van der Waals surface area contributed by atoms with Crippen molar-refractivity contribution in [3.05, 3.63) is 71.4 Å². The molecule has 0 unspecified atom stereocenters. The van der Waals surface area contributed by atoms with Crippen LogP contribution in [0.4, 0.5) is 19.0 Å². The Morgan fingerprint density at radius 3 is 2.69 bits per heavy atom. The molecule has 1 aromatic heterocycles. The van der Waals surface area contributed by atoms with Gasteiger partial charge in [-0.2, -0.15) is 18.3 Å². The van der Waals surface area contributed by atoms with Crippen molar-refractivity contribution in [3.63, 3.8) is 0 Å². The minimum absolute atomic E-state index is 0.0796. The maximum atomic E-state index is 13.9. The van der Waals surface area contributed by atoms with E-state index in [4.69, 9.17) is 9.47 Å². The summed E-state index contributed by atoms with van der Waals surface area (Å²) in [6.07, 6.45) is -4.81. The fraction of sp³-hybridized carbons (Fsp3) is 0.273. The third kappa shape index (κ3) is 3.83. The first-order valence-electron chi connectivity index (χ1n) is 10.0. The second-order valence-electron chi connectivity index (χ2n) is 7.63. The summed E-state index contributed by atoms with van der Waals surface area (Å²) in [4.78, 5) is 12.5. The third-order valence-corrected chi connectivity index (χ3v) is 5.52. The van der Waals surface area contributed by atoms with Gasteiger partial charge in [-0.1, -0.05) is 36.4 Å². The molecule has 2 N–H and O–H groups in total. The second kappa shape index (κ2) is 7.77. The van der Waals surface area contributed by atoms with Gasteiger partial charge in [0.05, 0.1) is 6.04 Å². The summed E-state index contributed by atoms with van der Waals surface area (Å²) in [6.45, 7) is 0.327. The summed E-state index contributed by atoms with van der Waals surface area (Å²) in [7, 11) is 0. The van der Waals surface area contributed by atoms with Crippen LogP contribution in [0.25, 0.3) is 0 Å². The Bertz CT molecular complexity index is 1150. The van der Waals surface area contributed by atoms with Gasteiger partial charge >= 0.3 is 6.18 Å². The number of ether oxygens (including phenoxy) is 2. The van der Waals surface area contributed by atoms with E-state index in [1.54, 1.807) is 18.2 Å². The van der Waals surface area contributed by atoms with E-state index in [0.717, 1.165) is 10.2 Å². The second-order valence-corrected chi connectivity index (χ2v) is 7.63. The SMILES string of the molecule is O=C(NCc1ccccc1)c1cc2n(n1)[C@@H](C(F)(F)F)C[C@H](c1ccc3c(c1)OCO3)N2. The van der Waals surface area contributed by atoms with Crippen molar-refractivity contribution in [2.45, 2.75) is 31.2 Å². The number of alkyl halides is 3. The number of carbonyl (C=O) groups is 1. The van der Waals surface area contributed by atoms with Crippen molar-refractivity contribution in [1.29, 1.82) is 0 Å². The van der Waals surface area contributed by atoms with Gasteiger partial charge in [0.1, 0.15) is 5.82 Å². The Morgan fingerprint density at radius 2 is 1.91 bits per heavy atom. The fourth-order valence-electron chi connectivity index (χ4n) is 3.90. The van der Waals surface area contributed by atoms with Crippen LogP contribution >= 0.6 is 0 Å². The maximum absolute atomic E-state index is 13.9. The Labute approximate surface area is 181 Å². The molecule has 32 heavy (non-hydrogen) atoms. The van der Waals surface area contributed by atoms with Gasteiger partial charge in [-0.15, -0.1) is 0 Å². The van der Waals surface area contributed by atoms with Crippen LogP contribution < -0.4 is 20.1 Å². The number of benzene rings is 2. The standard InChI is InChI=1S/C22H19F3N4O3/c23-22(24,25)19-9-15(14-6-7-17-18(8-14)32-12-31-17)27-20-10-16(28-29(19)20)21(30)26-11-13-4-2-1-3-5-13/h1-8,10,15,19,27H,9,11-12H2,(H,26,30)/t15-,19-/m1/s1. The minimum atomic E-state index is -4.53. The molecule has 0 saturated heterocycles. The number of carbonyl (C=O) groups excluding carboxylic acids is 1. The molecule has 0 fully saturated rings.